The molecule has 4 rings (SSSR count). The van der Waals surface area contributed by atoms with Gasteiger partial charge in [-0.25, -0.2) is 4.39 Å². The van der Waals surface area contributed by atoms with Crippen molar-refractivity contribution in [3.05, 3.63) is 78.4 Å². The number of aromatic nitrogens is 3. The van der Waals surface area contributed by atoms with Crippen LogP contribution in [0.5, 0.6) is 11.5 Å². The number of hydrogen-bond acceptors (Lipinski definition) is 6. The number of benzene rings is 2. The van der Waals surface area contributed by atoms with Crippen LogP contribution in [0.15, 0.2) is 66.3 Å². The minimum atomic E-state index is -0.437. The summed E-state index contributed by atoms with van der Waals surface area (Å²) in [5, 5.41) is 9.04. The second kappa shape index (κ2) is 8.48. The van der Waals surface area contributed by atoms with Crippen LogP contribution in [-0.2, 0) is 6.54 Å². The molecule has 29 heavy (non-hydrogen) atoms. The number of Topliss-reactive ketones (excluding diaryl/α,β-unsaturated/α-hetero) is 1. The quantitative estimate of drug-likeness (QED) is 0.331. The summed E-state index contributed by atoms with van der Waals surface area (Å²) in [6.45, 7) is 4.55. The van der Waals surface area contributed by atoms with Crippen molar-refractivity contribution < 1.29 is 18.7 Å². The lowest BCUT2D eigenvalue weighted by Gasteiger charge is -2.26. The van der Waals surface area contributed by atoms with Gasteiger partial charge in [0.1, 0.15) is 12.4 Å². The van der Waals surface area contributed by atoms with Gasteiger partial charge in [0, 0.05) is 12.1 Å². The molecule has 1 atom stereocenters. The average Bonchev–Trinajstić information content (AvgIpc) is 3.14. The molecular formula is C21H18FN3O3S. The van der Waals surface area contributed by atoms with Crippen molar-refractivity contribution in [3.8, 4) is 11.5 Å². The number of nitrogens with zero attached hydrogens (tertiary/aromatic N) is 3. The van der Waals surface area contributed by atoms with Crippen molar-refractivity contribution in [2.24, 2.45) is 0 Å². The first-order valence-electron chi connectivity index (χ1n) is 8.99. The number of fused-ring (bicyclic) bond motifs is 1. The van der Waals surface area contributed by atoms with Gasteiger partial charge in [0.15, 0.2) is 34.4 Å². The lowest BCUT2D eigenvalue weighted by molar-refractivity contribution is 0.0821. The van der Waals surface area contributed by atoms with E-state index in [1.807, 2.05) is 28.8 Å². The third-order valence-electron chi connectivity index (χ3n) is 4.33. The first-order valence-corrected chi connectivity index (χ1v) is 9.98. The molecule has 0 radical (unpaired) electrons. The number of thioether (sulfide) groups is 1. The molecular weight excluding hydrogens is 393 g/mol. The van der Waals surface area contributed by atoms with Crippen LogP contribution < -0.4 is 9.47 Å². The number of para-hydroxylation sites is 2. The van der Waals surface area contributed by atoms with E-state index >= 15 is 0 Å². The van der Waals surface area contributed by atoms with Gasteiger partial charge < -0.3 is 9.47 Å². The van der Waals surface area contributed by atoms with Gasteiger partial charge in [0.05, 0.1) is 5.75 Å². The number of carbonyl (C=O) groups excluding carboxylic acids is 1. The second-order valence-electron chi connectivity index (χ2n) is 6.33. The summed E-state index contributed by atoms with van der Waals surface area (Å²) < 4.78 is 27.0. The maximum atomic E-state index is 13.3. The molecule has 1 aliphatic heterocycles. The molecule has 0 unspecified atom stereocenters. The highest BCUT2D eigenvalue weighted by atomic mass is 32.2. The van der Waals surface area contributed by atoms with E-state index in [9.17, 15) is 9.18 Å². The average molecular weight is 411 g/mol. The Labute approximate surface area is 171 Å². The standard InChI is InChI=1S/C21H18FN3O3S/c1-2-10-25-20(19-12-27-17-8-3-4-9-18(17)28-19)23-24-21(25)29-13-16(26)14-6-5-7-15(22)11-14/h2-9,11,19H,1,10,12-13H2/t19-/m1/s1. The predicted molar refractivity (Wildman–Crippen MR) is 107 cm³/mol. The number of carbonyl (C=O) groups is 1. The lowest BCUT2D eigenvalue weighted by atomic mass is 10.1. The maximum Gasteiger partial charge on any atom is 0.192 e. The SMILES string of the molecule is C=CCn1c(SCC(=O)c2cccc(F)c2)nnc1[C@H]1COc2ccccc2O1. The van der Waals surface area contributed by atoms with Crippen molar-refractivity contribution in [2.75, 3.05) is 12.4 Å². The Hall–Kier alpha value is -3.13. The normalized spacial score (nSPS) is 15.1. The van der Waals surface area contributed by atoms with E-state index in [4.69, 9.17) is 9.47 Å². The highest BCUT2D eigenvalue weighted by molar-refractivity contribution is 7.99. The summed E-state index contributed by atoms with van der Waals surface area (Å²) in [6.07, 6.45) is 1.30. The molecule has 2 heterocycles. The molecule has 0 aliphatic carbocycles. The summed E-state index contributed by atoms with van der Waals surface area (Å²) in [7, 11) is 0. The molecule has 1 aliphatic rings. The zero-order valence-electron chi connectivity index (χ0n) is 15.5. The first kappa shape index (κ1) is 19.2. The van der Waals surface area contributed by atoms with Gasteiger partial charge in [-0.2, -0.15) is 0 Å². The van der Waals surface area contributed by atoms with Gasteiger partial charge in [0.2, 0.25) is 0 Å². The third-order valence-corrected chi connectivity index (χ3v) is 5.30. The van der Waals surface area contributed by atoms with E-state index < -0.39 is 11.9 Å². The second-order valence-corrected chi connectivity index (χ2v) is 7.27. The van der Waals surface area contributed by atoms with Gasteiger partial charge in [-0.05, 0) is 24.3 Å². The largest absolute Gasteiger partial charge is 0.485 e. The van der Waals surface area contributed by atoms with Crippen LogP contribution in [0, 0.1) is 5.82 Å². The summed E-state index contributed by atoms with van der Waals surface area (Å²) in [5.74, 6) is 1.42. The third kappa shape index (κ3) is 4.17. The van der Waals surface area contributed by atoms with E-state index in [1.165, 1.54) is 30.0 Å². The summed E-state index contributed by atoms with van der Waals surface area (Å²) in [4.78, 5) is 12.4. The summed E-state index contributed by atoms with van der Waals surface area (Å²) >= 11 is 1.24. The molecule has 3 aromatic rings. The van der Waals surface area contributed by atoms with E-state index in [1.54, 1.807) is 12.1 Å². The molecule has 0 spiro atoms. The number of ketones is 1. The number of rotatable bonds is 7. The highest BCUT2D eigenvalue weighted by Crippen LogP contribution is 2.36. The molecule has 8 heteroatoms. The van der Waals surface area contributed by atoms with Gasteiger partial charge in [0.25, 0.3) is 0 Å². The Bertz CT molecular complexity index is 1050. The molecule has 148 valence electrons. The topological polar surface area (TPSA) is 66.2 Å². The molecule has 0 amide bonds. The van der Waals surface area contributed by atoms with E-state index in [0.717, 1.165) is 0 Å². The molecule has 0 fully saturated rings. The molecule has 0 saturated heterocycles. The summed E-state index contributed by atoms with van der Waals surface area (Å²) in [6, 6.07) is 13.1. The Morgan fingerprint density at radius 1 is 1.24 bits per heavy atom. The fourth-order valence-electron chi connectivity index (χ4n) is 2.97. The van der Waals surface area contributed by atoms with Crippen LogP contribution >= 0.6 is 11.8 Å². The lowest BCUT2D eigenvalue weighted by Crippen LogP contribution is -2.25. The minimum absolute atomic E-state index is 0.115. The zero-order valence-corrected chi connectivity index (χ0v) is 16.3. The number of hydrogen-bond donors (Lipinski definition) is 0. The molecule has 1 aromatic heterocycles. The Morgan fingerprint density at radius 2 is 2.07 bits per heavy atom. The van der Waals surface area contributed by atoms with Crippen molar-refractivity contribution in [1.29, 1.82) is 0 Å². The molecule has 0 N–H and O–H groups in total. The first-order chi connectivity index (χ1) is 14.2. The molecule has 6 nitrogen and oxygen atoms in total. The van der Waals surface area contributed by atoms with Crippen molar-refractivity contribution in [1.82, 2.24) is 14.8 Å². The Kier molecular flexibility index (Phi) is 5.62. The fraction of sp³-hybridized carbons (Fsp3) is 0.190. The number of ether oxygens (including phenoxy) is 2. The van der Waals surface area contributed by atoms with Crippen molar-refractivity contribution in [2.45, 2.75) is 17.8 Å². The maximum absolute atomic E-state index is 13.3. The van der Waals surface area contributed by atoms with Crippen molar-refractivity contribution >= 4 is 17.5 Å². The fourth-order valence-corrected chi connectivity index (χ4v) is 3.82. The van der Waals surface area contributed by atoms with Gasteiger partial charge in [-0.15, -0.1) is 16.8 Å². The monoisotopic (exact) mass is 411 g/mol. The molecule has 0 bridgehead atoms. The predicted octanol–water partition coefficient (Wildman–Crippen LogP) is 4.09. The van der Waals surface area contributed by atoms with Crippen LogP contribution in [0.4, 0.5) is 4.39 Å². The van der Waals surface area contributed by atoms with Crippen LogP contribution in [0.25, 0.3) is 0 Å². The van der Waals surface area contributed by atoms with Crippen LogP contribution in [0.2, 0.25) is 0 Å². The zero-order chi connectivity index (χ0) is 20.2. The van der Waals surface area contributed by atoms with E-state index in [0.29, 0.717) is 41.2 Å². The van der Waals surface area contributed by atoms with Crippen LogP contribution in [-0.4, -0.2) is 32.9 Å². The number of halogens is 1. The number of allylic oxidation sites excluding steroid dienone is 1. The highest BCUT2D eigenvalue weighted by Gasteiger charge is 2.28. The smallest absolute Gasteiger partial charge is 0.192 e. The van der Waals surface area contributed by atoms with Gasteiger partial charge >= 0.3 is 0 Å². The van der Waals surface area contributed by atoms with Gasteiger partial charge in [-0.3, -0.25) is 9.36 Å². The molecule has 2 aromatic carbocycles. The van der Waals surface area contributed by atoms with Crippen LogP contribution in [0.1, 0.15) is 22.3 Å². The van der Waals surface area contributed by atoms with E-state index in [-0.39, 0.29) is 11.5 Å². The van der Waals surface area contributed by atoms with E-state index in [2.05, 4.69) is 16.8 Å². The molecule has 0 saturated carbocycles. The Balaban J connectivity index is 1.51. The summed E-state index contributed by atoms with van der Waals surface area (Å²) in [5.41, 5.74) is 0.327. The van der Waals surface area contributed by atoms with Crippen molar-refractivity contribution in [3.63, 3.8) is 0 Å². The Morgan fingerprint density at radius 3 is 2.86 bits per heavy atom. The van der Waals surface area contributed by atoms with Gasteiger partial charge in [-0.1, -0.05) is 42.1 Å². The minimum Gasteiger partial charge on any atom is -0.485 e. The van der Waals surface area contributed by atoms with Crippen LogP contribution in [0.3, 0.4) is 0 Å².